The van der Waals surface area contributed by atoms with E-state index < -0.39 is 0 Å². The number of hydrogen-bond acceptors (Lipinski definition) is 4. The van der Waals surface area contributed by atoms with E-state index in [2.05, 4.69) is 155 Å². The summed E-state index contributed by atoms with van der Waals surface area (Å²) in [5.74, 6) is 0.702. The Bertz CT molecular complexity index is 3080. The lowest BCUT2D eigenvalue weighted by Gasteiger charge is -2.24. The molecule has 10 rings (SSSR count). The zero-order valence-corrected chi connectivity index (χ0v) is 31.6. The van der Waals surface area contributed by atoms with Crippen LogP contribution < -0.4 is 0 Å². The van der Waals surface area contributed by atoms with Crippen LogP contribution in [0.15, 0.2) is 132 Å². The second kappa shape index (κ2) is 11.4. The fourth-order valence-electron chi connectivity index (χ4n) is 8.07. The van der Waals surface area contributed by atoms with Gasteiger partial charge in [-0.1, -0.05) is 87.5 Å². The van der Waals surface area contributed by atoms with Gasteiger partial charge in [0, 0.05) is 69.5 Å². The first-order valence-electron chi connectivity index (χ1n) is 18.3. The molecule has 0 fully saturated rings. The molecule has 4 aromatic heterocycles. The van der Waals surface area contributed by atoms with Crippen molar-refractivity contribution in [1.82, 2.24) is 14.5 Å². The van der Waals surface area contributed by atoms with Crippen molar-refractivity contribution in [3.05, 3.63) is 133 Å². The third-order valence-electron chi connectivity index (χ3n) is 10.6. The Hall–Kier alpha value is -5.78. The minimum Gasteiger partial charge on any atom is -0.456 e. The number of fused-ring (bicyclic) bond motifs is 10. The molecule has 0 aliphatic heterocycles. The molecule has 53 heavy (non-hydrogen) atoms. The van der Waals surface area contributed by atoms with Crippen LogP contribution >= 0.6 is 11.3 Å². The van der Waals surface area contributed by atoms with Crippen molar-refractivity contribution < 1.29 is 4.42 Å². The summed E-state index contributed by atoms with van der Waals surface area (Å²) >= 11 is 1.85. The van der Waals surface area contributed by atoms with Crippen LogP contribution in [0.1, 0.15) is 47.1 Å². The Morgan fingerprint density at radius 3 is 1.96 bits per heavy atom. The largest absolute Gasteiger partial charge is 0.456 e. The van der Waals surface area contributed by atoms with Crippen molar-refractivity contribution in [1.29, 1.82) is 0 Å². The lowest BCUT2D eigenvalue weighted by Crippen LogP contribution is -2.21. The van der Waals surface area contributed by atoms with Crippen molar-refractivity contribution in [2.75, 3.05) is 0 Å². The van der Waals surface area contributed by atoms with Gasteiger partial charge in [-0.05, 0) is 92.4 Å². The molecule has 0 unspecified atom stereocenters. The molecule has 0 saturated carbocycles. The lowest BCUT2D eigenvalue weighted by atomic mass is 9.86. The quantitative estimate of drug-likeness (QED) is 0.184. The second-order valence-electron chi connectivity index (χ2n) is 16.3. The van der Waals surface area contributed by atoms with Gasteiger partial charge in [0.2, 0.25) is 0 Å². The highest BCUT2D eigenvalue weighted by atomic mass is 32.1. The van der Waals surface area contributed by atoms with Gasteiger partial charge in [-0.2, -0.15) is 0 Å². The number of hydrogen-bond donors (Lipinski definition) is 0. The molecule has 0 atom stereocenters. The smallest absolute Gasteiger partial charge is 0.160 e. The number of benzene rings is 6. The number of furan rings is 1. The van der Waals surface area contributed by atoms with E-state index in [1.54, 1.807) is 0 Å². The molecular formula is C48H39N3OS. The summed E-state index contributed by atoms with van der Waals surface area (Å²) in [7, 11) is 0. The summed E-state index contributed by atoms with van der Waals surface area (Å²) in [5.41, 5.74) is 10.3. The molecule has 0 spiro atoms. The van der Waals surface area contributed by atoms with E-state index in [0.717, 1.165) is 50.0 Å². The SMILES string of the molecule is CC(C)(C)c1ccc2sc3ccc4oc5ccc(-c6cc(-c7ccc8c9ccccc9n(C(C)(C)C)c8c7)nc(-c7ccccc7)n6)cc5c4c3c2c1. The third kappa shape index (κ3) is 5.09. The van der Waals surface area contributed by atoms with E-state index in [9.17, 15) is 0 Å². The number of aromatic nitrogens is 3. The van der Waals surface area contributed by atoms with Gasteiger partial charge in [-0.3, -0.25) is 0 Å². The van der Waals surface area contributed by atoms with Crippen LogP contribution in [0, 0.1) is 0 Å². The Morgan fingerprint density at radius 1 is 0.509 bits per heavy atom. The van der Waals surface area contributed by atoms with Crippen LogP contribution in [0.4, 0.5) is 0 Å². The van der Waals surface area contributed by atoms with E-state index in [4.69, 9.17) is 14.4 Å². The zero-order chi connectivity index (χ0) is 36.2. The Kier molecular flexibility index (Phi) is 6.84. The van der Waals surface area contributed by atoms with E-state index in [-0.39, 0.29) is 11.0 Å². The number of rotatable bonds is 3. The maximum absolute atomic E-state index is 6.53. The molecule has 0 N–H and O–H groups in total. The van der Waals surface area contributed by atoms with Gasteiger partial charge in [0.15, 0.2) is 5.82 Å². The van der Waals surface area contributed by atoms with E-state index in [0.29, 0.717) is 5.82 Å². The highest BCUT2D eigenvalue weighted by Gasteiger charge is 2.23. The molecule has 6 aromatic carbocycles. The van der Waals surface area contributed by atoms with E-state index in [1.807, 2.05) is 29.5 Å². The molecule has 0 aliphatic carbocycles. The van der Waals surface area contributed by atoms with Crippen molar-refractivity contribution in [2.45, 2.75) is 52.5 Å². The second-order valence-corrected chi connectivity index (χ2v) is 17.4. The standard InChI is InChI=1S/C48H39N3OS/c1-47(2,3)31-18-22-42-35(26-31)45-43(53-42)23-21-41-44(45)34-24-29(17-20-40(34)52-41)36-27-37(50-46(49-36)28-12-8-7-9-13-28)30-16-19-33-32-14-10-11-15-38(32)51(39(33)25-30)48(4,5)6/h7-27H,1-6H3. The zero-order valence-electron chi connectivity index (χ0n) is 30.8. The predicted molar refractivity (Wildman–Crippen MR) is 225 cm³/mol. The van der Waals surface area contributed by atoms with Gasteiger partial charge >= 0.3 is 0 Å². The van der Waals surface area contributed by atoms with Crippen LogP contribution in [-0.4, -0.2) is 14.5 Å². The molecule has 5 heteroatoms. The summed E-state index contributed by atoms with van der Waals surface area (Å²) in [6.45, 7) is 13.6. The number of para-hydroxylation sites is 1. The molecule has 4 heterocycles. The fourth-order valence-corrected chi connectivity index (χ4v) is 9.17. The molecule has 258 valence electrons. The van der Waals surface area contributed by atoms with Gasteiger partial charge in [-0.25, -0.2) is 9.97 Å². The summed E-state index contributed by atoms with van der Waals surface area (Å²) in [4.78, 5) is 10.4. The first-order chi connectivity index (χ1) is 25.5. The summed E-state index contributed by atoms with van der Waals surface area (Å²) in [6.07, 6.45) is 0. The molecule has 0 saturated heterocycles. The molecule has 0 radical (unpaired) electrons. The fraction of sp³-hybridized carbons (Fsp3) is 0.167. The number of nitrogens with zero attached hydrogens (tertiary/aromatic N) is 3. The van der Waals surface area contributed by atoms with Crippen LogP contribution in [-0.2, 0) is 11.0 Å². The van der Waals surface area contributed by atoms with E-state index >= 15 is 0 Å². The molecular weight excluding hydrogens is 667 g/mol. The molecule has 0 bridgehead atoms. The molecule has 10 aromatic rings. The highest BCUT2D eigenvalue weighted by Crippen LogP contribution is 2.45. The van der Waals surface area contributed by atoms with Crippen molar-refractivity contribution in [2.24, 2.45) is 0 Å². The van der Waals surface area contributed by atoms with Crippen molar-refractivity contribution >= 4 is 75.3 Å². The molecule has 0 amide bonds. The normalized spacial score (nSPS) is 12.7. The first-order valence-corrected chi connectivity index (χ1v) is 19.1. The predicted octanol–water partition coefficient (Wildman–Crippen LogP) is 13.9. The highest BCUT2D eigenvalue weighted by molar-refractivity contribution is 7.26. The average Bonchev–Trinajstić information content (AvgIpc) is 3.82. The van der Waals surface area contributed by atoms with Gasteiger partial charge in [0.05, 0.1) is 16.9 Å². The van der Waals surface area contributed by atoms with Gasteiger partial charge in [0.25, 0.3) is 0 Å². The Morgan fingerprint density at radius 2 is 1.19 bits per heavy atom. The van der Waals surface area contributed by atoms with E-state index in [1.165, 1.54) is 47.5 Å². The Labute approximate surface area is 312 Å². The van der Waals surface area contributed by atoms with Gasteiger partial charge < -0.3 is 8.98 Å². The maximum Gasteiger partial charge on any atom is 0.160 e. The van der Waals surface area contributed by atoms with Crippen molar-refractivity contribution in [3.63, 3.8) is 0 Å². The minimum atomic E-state index is -0.109. The van der Waals surface area contributed by atoms with Gasteiger partial charge in [0.1, 0.15) is 11.2 Å². The topological polar surface area (TPSA) is 43.9 Å². The monoisotopic (exact) mass is 705 g/mol. The molecule has 0 aliphatic rings. The molecule has 4 nitrogen and oxygen atoms in total. The first kappa shape index (κ1) is 31.9. The lowest BCUT2D eigenvalue weighted by molar-refractivity contribution is 0.423. The summed E-state index contributed by atoms with van der Waals surface area (Å²) in [6, 6.07) is 45.7. The van der Waals surface area contributed by atoms with Gasteiger partial charge in [-0.15, -0.1) is 11.3 Å². The average molecular weight is 706 g/mol. The third-order valence-corrected chi connectivity index (χ3v) is 11.8. The van der Waals surface area contributed by atoms with Crippen LogP contribution in [0.25, 0.3) is 97.8 Å². The maximum atomic E-state index is 6.53. The van der Waals surface area contributed by atoms with Crippen LogP contribution in [0.2, 0.25) is 0 Å². The summed E-state index contributed by atoms with van der Waals surface area (Å²) in [5, 5.41) is 7.32. The van der Waals surface area contributed by atoms with Crippen LogP contribution in [0.3, 0.4) is 0 Å². The van der Waals surface area contributed by atoms with Crippen LogP contribution in [0.5, 0.6) is 0 Å². The Balaban J connectivity index is 1.21. The van der Waals surface area contributed by atoms with Crippen molar-refractivity contribution in [3.8, 4) is 33.9 Å². The summed E-state index contributed by atoms with van der Waals surface area (Å²) < 4.78 is 11.5. The minimum absolute atomic E-state index is 0.0526. The number of thiophene rings is 1.